The van der Waals surface area contributed by atoms with Crippen molar-refractivity contribution >= 4 is 39.1 Å². The van der Waals surface area contributed by atoms with Crippen molar-refractivity contribution in [3.8, 4) is 0 Å². The molecule has 0 aromatic heterocycles. The second kappa shape index (κ2) is 12.4. The van der Waals surface area contributed by atoms with Gasteiger partial charge in [0.25, 0.3) is 10.0 Å². The number of benzene rings is 3. The number of rotatable bonds is 10. The fourth-order valence-corrected chi connectivity index (χ4v) is 5.53. The second-order valence-corrected chi connectivity index (χ2v) is 11.3. The van der Waals surface area contributed by atoms with E-state index in [1.165, 1.54) is 47.4 Å². The Morgan fingerprint density at radius 3 is 2.24 bits per heavy atom. The Kier molecular flexibility index (Phi) is 9.51. The molecule has 0 bridgehead atoms. The minimum Gasteiger partial charge on any atom is -0.355 e. The average Bonchev–Trinajstić information content (AvgIpc) is 2.88. The third-order valence-electron chi connectivity index (χ3n) is 6.11. The van der Waals surface area contributed by atoms with Crippen molar-refractivity contribution < 1.29 is 22.4 Å². The minimum atomic E-state index is -4.20. The normalized spacial score (nSPS) is 12.1. The lowest BCUT2D eigenvalue weighted by Gasteiger charge is -2.32. The van der Waals surface area contributed by atoms with Gasteiger partial charge in [-0.05, 0) is 75.2 Å². The van der Waals surface area contributed by atoms with Gasteiger partial charge in [0.15, 0.2) is 0 Å². The Hall–Kier alpha value is -3.43. The van der Waals surface area contributed by atoms with Crippen LogP contribution in [0.1, 0.15) is 30.5 Å². The first kappa shape index (κ1) is 29.1. The van der Waals surface area contributed by atoms with E-state index in [4.69, 9.17) is 11.6 Å². The number of nitrogens with zero attached hydrogens (tertiary/aromatic N) is 2. The molecule has 10 heteroatoms. The van der Waals surface area contributed by atoms with E-state index in [0.29, 0.717) is 22.7 Å². The number of nitrogens with one attached hydrogen (secondary N) is 1. The molecule has 7 nitrogen and oxygen atoms in total. The van der Waals surface area contributed by atoms with E-state index < -0.39 is 40.2 Å². The number of hydrogen-bond acceptors (Lipinski definition) is 4. The molecule has 0 fully saturated rings. The van der Waals surface area contributed by atoms with Crippen LogP contribution in [0.5, 0.6) is 0 Å². The van der Waals surface area contributed by atoms with Gasteiger partial charge in [0.2, 0.25) is 11.8 Å². The number of halogens is 2. The third kappa shape index (κ3) is 6.90. The summed E-state index contributed by atoms with van der Waals surface area (Å²) in [5, 5.41) is 3.00. The van der Waals surface area contributed by atoms with Gasteiger partial charge in [-0.25, -0.2) is 12.8 Å². The number of aryl methyl sites for hydroxylation is 2. The van der Waals surface area contributed by atoms with Gasteiger partial charge in [0.1, 0.15) is 18.4 Å². The minimum absolute atomic E-state index is 0.0112. The molecule has 0 aliphatic heterocycles. The molecule has 0 saturated heterocycles. The molecule has 202 valence electrons. The van der Waals surface area contributed by atoms with Crippen LogP contribution in [0.25, 0.3) is 0 Å². The van der Waals surface area contributed by atoms with E-state index >= 15 is 0 Å². The molecule has 0 saturated carbocycles. The summed E-state index contributed by atoms with van der Waals surface area (Å²) in [7, 11) is -4.20. The van der Waals surface area contributed by atoms with Crippen molar-refractivity contribution in [2.24, 2.45) is 0 Å². The topological polar surface area (TPSA) is 86.8 Å². The molecule has 2 amide bonds. The van der Waals surface area contributed by atoms with Gasteiger partial charge < -0.3 is 10.2 Å². The Morgan fingerprint density at radius 2 is 1.63 bits per heavy atom. The van der Waals surface area contributed by atoms with Crippen LogP contribution in [0.15, 0.2) is 71.6 Å². The number of anilines is 1. The Labute approximate surface area is 228 Å². The average molecular weight is 560 g/mol. The lowest BCUT2D eigenvalue weighted by Crippen LogP contribution is -2.51. The van der Waals surface area contributed by atoms with Gasteiger partial charge in [-0.15, -0.1) is 0 Å². The molecule has 1 N–H and O–H groups in total. The zero-order chi connectivity index (χ0) is 28.0. The molecule has 0 aliphatic carbocycles. The van der Waals surface area contributed by atoms with E-state index in [9.17, 15) is 22.4 Å². The van der Waals surface area contributed by atoms with Gasteiger partial charge in [-0.2, -0.15) is 0 Å². The summed E-state index contributed by atoms with van der Waals surface area (Å²) < 4.78 is 42.2. The summed E-state index contributed by atoms with van der Waals surface area (Å²) in [6.45, 7) is 6.64. The summed E-state index contributed by atoms with van der Waals surface area (Å²) in [6.07, 6.45) is 0. The van der Waals surface area contributed by atoms with Crippen molar-refractivity contribution in [3.63, 3.8) is 0 Å². The summed E-state index contributed by atoms with van der Waals surface area (Å²) in [4.78, 5) is 27.8. The van der Waals surface area contributed by atoms with E-state index in [2.05, 4.69) is 5.32 Å². The summed E-state index contributed by atoms with van der Waals surface area (Å²) >= 11 is 6.22. The highest BCUT2D eigenvalue weighted by Gasteiger charge is 2.33. The molecule has 0 spiro atoms. The first-order valence-corrected chi connectivity index (χ1v) is 13.9. The van der Waals surface area contributed by atoms with Crippen molar-refractivity contribution in [1.82, 2.24) is 10.2 Å². The molecule has 0 radical (unpaired) electrons. The predicted octanol–water partition coefficient (Wildman–Crippen LogP) is 4.84. The van der Waals surface area contributed by atoms with Crippen LogP contribution in [0, 0.1) is 19.7 Å². The molecule has 38 heavy (non-hydrogen) atoms. The summed E-state index contributed by atoms with van der Waals surface area (Å²) in [5.74, 6) is -1.44. The monoisotopic (exact) mass is 559 g/mol. The van der Waals surface area contributed by atoms with Gasteiger partial charge >= 0.3 is 0 Å². The molecular formula is C28H31ClFN3O4S. The van der Waals surface area contributed by atoms with Crippen LogP contribution >= 0.6 is 11.6 Å². The maximum absolute atomic E-state index is 13.9. The molecule has 0 heterocycles. The lowest BCUT2D eigenvalue weighted by atomic mass is 10.1. The van der Waals surface area contributed by atoms with Crippen LogP contribution in [-0.2, 0) is 26.2 Å². The summed E-state index contributed by atoms with van der Waals surface area (Å²) in [6, 6.07) is 15.8. The van der Waals surface area contributed by atoms with Crippen molar-refractivity contribution in [1.29, 1.82) is 0 Å². The molecule has 0 aliphatic rings. The number of sulfonamides is 1. The second-order valence-electron chi connectivity index (χ2n) is 8.97. The molecule has 3 aromatic rings. The van der Waals surface area contributed by atoms with E-state index in [1.807, 2.05) is 6.92 Å². The number of amides is 2. The van der Waals surface area contributed by atoms with E-state index in [-0.39, 0.29) is 17.1 Å². The van der Waals surface area contributed by atoms with Crippen molar-refractivity contribution in [2.75, 3.05) is 17.4 Å². The van der Waals surface area contributed by atoms with Gasteiger partial charge in [0, 0.05) is 18.1 Å². The van der Waals surface area contributed by atoms with Crippen LogP contribution in [0.4, 0.5) is 10.1 Å². The van der Waals surface area contributed by atoms with Crippen LogP contribution in [0.2, 0.25) is 5.02 Å². The van der Waals surface area contributed by atoms with Crippen LogP contribution in [0.3, 0.4) is 0 Å². The Morgan fingerprint density at radius 1 is 1.00 bits per heavy atom. The highest BCUT2D eigenvalue weighted by atomic mass is 35.5. The fourth-order valence-electron chi connectivity index (χ4n) is 3.89. The zero-order valence-corrected chi connectivity index (χ0v) is 23.3. The van der Waals surface area contributed by atoms with Gasteiger partial charge in [-0.1, -0.05) is 47.5 Å². The molecule has 3 rings (SSSR count). The Balaban J connectivity index is 2.07. The first-order valence-electron chi connectivity index (χ1n) is 12.1. The maximum atomic E-state index is 13.9. The maximum Gasteiger partial charge on any atom is 0.264 e. The lowest BCUT2D eigenvalue weighted by molar-refractivity contribution is -0.139. The first-order chi connectivity index (χ1) is 17.9. The quantitative estimate of drug-likeness (QED) is 0.385. The number of hydrogen-bond donors (Lipinski definition) is 1. The summed E-state index contributed by atoms with van der Waals surface area (Å²) in [5.41, 5.74) is 2.31. The largest absolute Gasteiger partial charge is 0.355 e. The SMILES string of the molecule is CCNC(=O)[C@@H](C)N(Cc1ccc(F)cc1)C(=O)CN(c1cc(Cl)ccc1C)S(=O)(=O)c1ccc(C)cc1. The third-order valence-corrected chi connectivity index (χ3v) is 8.12. The predicted molar refractivity (Wildman–Crippen MR) is 147 cm³/mol. The van der Waals surface area contributed by atoms with Crippen molar-refractivity contribution in [2.45, 2.75) is 45.2 Å². The molecule has 3 aromatic carbocycles. The van der Waals surface area contributed by atoms with Gasteiger partial charge in [0.05, 0.1) is 10.6 Å². The zero-order valence-electron chi connectivity index (χ0n) is 21.7. The van der Waals surface area contributed by atoms with E-state index in [0.717, 1.165) is 9.87 Å². The molecule has 0 unspecified atom stereocenters. The smallest absolute Gasteiger partial charge is 0.264 e. The standard InChI is InChI=1S/C28H31ClFN3O4S/c1-5-31-28(35)21(4)32(17-22-9-12-24(30)13-10-22)27(34)18-33(26-16-23(29)11-8-20(26)3)38(36,37)25-14-6-19(2)7-15-25/h6-16,21H,5,17-18H2,1-4H3,(H,31,35)/t21-/m1/s1. The fraction of sp³-hybridized carbons (Fsp3) is 0.286. The number of carbonyl (C=O) groups is 2. The van der Waals surface area contributed by atoms with Crippen LogP contribution < -0.4 is 9.62 Å². The highest BCUT2D eigenvalue weighted by molar-refractivity contribution is 7.92. The van der Waals surface area contributed by atoms with Crippen LogP contribution in [-0.4, -0.2) is 44.3 Å². The van der Waals surface area contributed by atoms with Gasteiger partial charge in [-0.3, -0.25) is 13.9 Å². The molecular weight excluding hydrogens is 529 g/mol. The molecule has 1 atom stereocenters. The van der Waals surface area contributed by atoms with E-state index in [1.54, 1.807) is 45.0 Å². The Bertz CT molecular complexity index is 1400. The van der Waals surface area contributed by atoms with Crippen molar-refractivity contribution in [3.05, 3.63) is 94.3 Å². The highest BCUT2D eigenvalue weighted by Crippen LogP contribution is 2.30. The number of likely N-dealkylation sites (N-methyl/N-ethyl adjacent to an activating group) is 1. The number of carbonyl (C=O) groups excluding carboxylic acids is 2.